The van der Waals surface area contributed by atoms with Crippen LogP contribution in [-0.4, -0.2) is 9.78 Å². The molecular formula is C12H15FN2. The van der Waals surface area contributed by atoms with Gasteiger partial charge in [0.25, 0.3) is 0 Å². The van der Waals surface area contributed by atoms with Gasteiger partial charge in [0.05, 0.1) is 11.7 Å². The van der Waals surface area contributed by atoms with Crippen LogP contribution in [0.1, 0.15) is 31.7 Å². The van der Waals surface area contributed by atoms with Crippen LogP contribution in [0.3, 0.4) is 0 Å². The third kappa shape index (κ3) is 1.62. The van der Waals surface area contributed by atoms with Crippen molar-refractivity contribution in [2.75, 3.05) is 0 Å². The lowest BCUT2D eigenvalue weighted by atomic mass is 9.97. The molecule has 0 fully saturated rings. The summed E-state index contributed by atoms with van der Waals surface area (Å²) in [4.78, 5) is 0. The third-order valence-electron chi connectivity index (χ3n) is 3.01. The molecule has 3 heteroatoms. The van der Waals surface area contributed by atoms with Crippen molar-refractivity contribution in [3.63, 3.8) is 0 Å². The first-order chi connectivity index (χ1) is 7.13. The molecule has 1 aromatic carbocycles. The lowest BCUT2D eigenvalue weighted by Crippen LogP contribution is -1.97. The van der Waals surface area contributed by atoms with E-state index >= 15 is 0 Å². The van der Waals surface area contributed by atoms with Gasteiger partial charge in [0.2, 0.25) is 0 Å². The molecule has 0 N–H and O–H groups in total. The van der Waals surface area contributed by atoms with Crippen molar-refractivity contribution in [2.24, 2.45) is 7.05 Å². The Morgan fingerprint density at radius 3 is 2.87 bits per heavy atom. The van der Waals surface area contributed by atoms with Gasteiger partial charge in [-0.2, -0.15) is 5.10 Å². The minimum Gasteiger partial charge on any atom is -0.268 e. The Balaban J connectivity index is 2.63. The van der Waals surface area contributed by atoms with Gasteiger partial charge in [0, 0.05) is 18.5 Å². The van der Waals surface area contributed by atoms with Gasteiger partial charge in [0.15, 0.2) is 0 Å². The quantitative estimate of drug-likeness (QED) is 0.737. The van der Waals surface area contributed by atoms with Crippen molar-refractivity contribution in [2.45, 2.75) is 26.2 Å². The zero-order valence-corrected chi connectivity index (χ0v) is 9.29. The number of fused-ring (bicyclic) bond motifs is 1. The summed E-state index contributed by atoms with van der Waals surface area (Å²) in [5.74, 6) is 0.134. The van der Waals surface area contributed by atoms with E-state index in [1.54, 1.807) is 16.9 Å². The number of aryl methyl sites for hydroxylation is 1. The minimum atomic E-state index is -0.125. The average Bonchev–Trinajstić information content (AvgIpc) is 2.58. The highest BCUT2D eigenvalue weighted by Gasteiger charge is 2.12. The molecule has 1 aromatic heterocycles. The normalized spacial score (nSPS) is 13.3. The van der Waals surface area contributed by atoms with E-state index in [1.165, 1.54) is 0 Å². The molecule has 2 aromatic rings. The molecule has 1 unspecified atom stereocenters. The van der Waals surface area contributed by atoms with E-state index in [9.17, 15) is 4.39 Å². The SMILES string of the molecule is CCC(C)c1cc2cnn(C)c2cc1F. The highest BCUT2D eigenvalue weighted by atomic mass is 19.1. The lowest BCUT2D eigenvalue weighted by molar-refractivity contribution is 0.585. The highest BCUT2D eigenvalue weighted by molar-refractivity contribution is 5.79. The number of rotatable bonds is 2. The zero-order valence-electron chi connectivity index (χ0n) is 9.29. The third-order valence-corrected chi connectivity index (χ3v) is 3.01. The van der Waals surface area contributed by atoms with E-state index in [2.05, 4.69) is 12.0 Å². The molecule has 0 spiro atoms. The molecule has 1 atom stereocenters. The summed E-state index contributed by atoms with van der Waals surface area (Å²) in [5, 5.41) is 5.12. The molecule has 15 heavy (non-hydrogen) atoms. The van der Waals surface area contributed by atoms with Crippen LogP contribution in [0, 0.1) is 5.82 Å². The number of aromatic nitrogens is 2. The number of hydrogen-bond donors (Lipinski definition) is 0. The predicted molar refractivity (Wildman–Crippen MR) is 59.4 cm³/mol. The van der Waals surface area contributed by atoms with Crippen LogP contribution in [0.15, 0.2) is 18.3 Å². The summed E-state index contributed by atoms with van der Waals surface area (Å²) in [6, 6.07) is 3.48. The van der Waals surface area contributed by atoms with Crippen molar-refractivity contribution in [1.29, 1.82) is 0 Å². The molecule has 0 aliphatic carbocycles. The summed E-state index contributed by atoms with van der Waals surface area (Å²) in [6.07, 6.45) is 2.73. The molecule has 0 saturated carbocycles. The first-order valence-electron chi connectivity index (χ1n) is 5.24. The Labute approximate surface area is 88.7 Å². The average molecular weight is 206 g/mol. The van der Waals surface area contributed by atoms with Crippen molar-refractivity contribution in [1.82, 2.24) is 9.78 Å². The van der Waals surface area contributed by atoms with Gasteiger partial charge in [-0.3, -0.25) is 4.68 Å². The molecule has 0 amide bonds. The summed E-state index contributed by atoms with van der Waals surface area (Å²) in [5.41, 5.74) is 1.64. The summed E-state index contributed by atoms with van der Waals surface area (Å²) < 4.78 is 15.5. The fourth-order valence-electron chi connectivity index (χ4n) is 1.79. The largest absolute Gasteiger partial charge is 0.268 e. The molecule has 2 rings (SSSR count). The van der Waals surface area contributed by atoms with Crippen LogP contribution >= 0.6 is 0 Å². The first-order valence-corrected chi connectivity index (χ1v) is 5.24. The predicted octanol–water partition coefficient (Wildman–Crippen LogP) is 3.23. The first kappa shape index (κ1) is 10.1. The second-order valence-corrected chi connectivity index (χ2v) is 4.01. The summed E-state index contributed by atoms with van der Waals surface area (Å²) in [7, 11) is 1.82. The van der Waals surface area contributed by atoms with Crippen LogP contribution in [0.4, 0.5) is 4.39 Å². The van der Waals surface area contributed by atoms with Gasteiger partial charge in [0.1, 0.15) is 5.82 Å². The van der Waals surface area contributed by atoms with Gasteiger partial charge in [-0.05, 0) is 24.0 Å². The van der Waals surface area contributed by atoms with Gasteiger partial charge in [-0.15, -0.1) is 0 Å². The molecule has 0 bridgehead atoms. The molecule has 0 radical (unpaired) electrons. The van der Waals surface area contributed by atoms with Crippen molar-refractivity contribution < 1.29 is 4.39 Å². The monoisotopic (exact) mass is 206 g/mol. The summed E-state index contributed by atoms with van der Waals surface area (Å²) >= 11 is 0. The zero-order chi connectivity index (χ0) is 11.0. The smallest absolute Gasteiger partial charge is 0.128 e. The second kappa shape index (κ2) is 3.65. The number of hydrogen-bond acceptors (Lipinski definition) is 1. The minimum absolute atomic E-state index is 0.125. The van der Waals surface area contributed by atoms with Crippen molar-refractivity contribution in [3.05, 3.63) is 29.7 Å². The second-order valence-electron chi connectivity index (χ2n) is 4.01. The molecule has 2 nitrogen and oxygen atoms in total. The fourth-order valence-corrected chi connectivity index (χ4v) is 1.79. The Bertz CT molecular complexity index is 488. The Kier molecular flexibility index (Phi) is 2.47. The highest BCUT2D eigenvalue weighted by Crippen LogP contribution is 2.26. The van der Waals surface area contributed by atoms with E-state index in [1.807, 2.05) is 20.0 Å². The molecule has 1 heterocycles. The van der Waals surface area contributed by atoms with Gasteiger partial charge in [-0.25, -0.2) is 4.39 Å². The standard InChI is InChI=1S/C12H15FN2/c1-4-8(2)10-5-9-7-14-15(3)12(9)6-11(10)13/h5-8H,4H2,1-3H3. The topological polar surface area (TPSA) is 17.8 Å². The van der Waals surface area contributed by atoms with Crippen LogP contribution < -0.4 is 0 Å². The molecule has 0 aliphatic rings. The van der Waals surface area contributed by atoms with E-state index in [-0.39, 0.29) is 11.7 Å². The lowest BCUT2D eigenvalue weighted by Gasteiger charge is -2.10. The Morgan fingerprint density at radius 2 is 2.20 bits per heavy atom. The molecule has 0 saturated heterocycles. The number of halogens is 1. The maximum atomic E-state index is 13.8. The van der Waals surface area contributed by atoms with Crippen LogP contribution in [0.2, 0.25) is 0 Å². The van der Waals surface area contributed by atoms with Crippen LogP contribution in [0.5, 0.6) is 0 Å². The van der Waals surface area contributed by atoms with Crippen LogP contribution in [0.25, 0.3) is 10.9 Å². The Hall–Kier alpha value is -1.38. The molecule has 80 valence electrons. The fraction of sp³-hybridized carbons (Fsp3) is 0.417. The summed E-state index contributed by atoms with van der Waals surface area (Å²) in [6.45, 7) is 4.11. The number of benzene rings is 1. The van der Waals surface area contributed by atoms with Gasteiger partial charge in [-0.1, -0.05) is 13.8 Å². The number of nitrogens with zero attached hydrogens (tertiary/aromatic N) is 2. The van der Waals surface area contributed by atoms with Crippen molar-refractivity contribution >= 4 is 10.9 Å². The Morgan fingerprint density at radius 1 is 1.47 bits per heavy atom. The van der Waals surface area contributed by atoms with E-state index in [4.69, 9.17) is 0 Å². The molecular weight excluding hydrogens is 191 g/mol. The maximum absolute atomic E-state index is 13.8. The van der Waals surface area contributed by atoms with Crippen LogP contribution in [-0.2, 0) is 7.05 Å². The van der Waals surface area contributed by atoms with Gasteiger partial charge < -0.3 is 0 Å². The molecule has 0 aliphatic heterocycles. The van der Waals surface area contributed by atoms with E-state index < -0.39 is 0 Å². The van der Waals surface area contributed by atoms with Gasteiger partial charge >= 0.3 is 0 Å². The van der Waals surface area contributed by atoms with Crippen molar-refractivity contribution in [3.8, 4) is 0 Å². The van der Waals surface area contributed by atoms with E-state index in [0.29, 0.717) is 0 Å². The van der Waals surface area contributed by atoms with E-state index in [0.717, 1.165) is 22.9 Å². The maximum Gasteiger partial charge on any atom is 0.128 e.